The van der Waals surface area contributed by atoms with E-state index >= 15 is 0 Å². The molecule has 1 heterocycles. The van der Waals surface area contributed by atoms with E-state index in [9.17, 15) is 0 Å². The van der Waals surface area contributed by atoms with Gasteiger partial charge < -0.3 is 9.88 Å². The average molecular weight is 374 g/mol. The van der Waals surface area contributed by atoms with Crippen molar-refractivity contribution in [2.45, 2.75) is 0 Å². The topological polar surface area (TPSA) is 17.0 Å². The van der Waals surface area contributed by atoms with E-state index in [4.69, 9.17) is 0 Å². The van der Waals surface area contributed by atoms with E-state index in [2.05, 4.69) is 107 Å². The van der Waals surface area contributed by atoms with E-state index in [-0.39, 0.29) is 0 Å². The van der Waals surface area contributed by atoms with E-state index in [1.165, 1.54) is 38.6 Å². The Balaban J connectivity index is 1.77. The van der Waals surface area contributed by atoms with Crippen LogP contribution >= 0.6 is 0 Å². The van der Waals surface area contributed by atoms with Crippen LogP contribution in [0.25, 0.3) is 44.7 Å². The molecule has 1 N–H and O–H groups in total. The van der Waals surface area contributed by atoms with Crippen molar-refractivity contribution in [3.8, 4) is 16.8 Å². The molecule has 0 fully saturated rings. The van der Waals surface area contributed by atoms with E-state index in [0.717, 1.165) is 11.3 Å². The maximum absolute atomic E-state index is 3.96. The van der Waals surface area contributed by atoms with Crippen LogP contribution in [0.4, 0.5) is 5.69 Å². The van der Waals surface area contributed by atoms with Crippen LogP contribution in [0.1, 0.15) is 5.56 Å². The van der Waals surface area contributed by atoms with Gasteiger partial charge in [-0.25, -0.2) is 0 Å². The lowest BCUT2D eigenvalue weighted by Gasteiger charge is -2.10. The molecule has 4 aromatic carbocycles. The lowest BCUT2D eigenvalue weighted by Crippen LogP contribution is -1.93. The molecule has 0 aliphatic heterocycles. The summed E-state index contributed by atoms with van der Waals surface area (Å²) in [5.74, 6) is 0. The molecule has 0 aliphatic carbocycles. The van der Waals surface area contributed by atoms with Gasteiger partial charge in [0.25, 0.3) is 0 Å². The first kappa shape index (κ1) is 17.3. The molecule has 0 spiro atoms. The first-order chi connectivity index (χ1) is 14.3. The zero-order valence-electron chi connectivity index (χ0n) is 16.4. The number of nitrogens with one attached hydrogen (secondary N) is 1. The summed E-state index contributed by atoms with van der Waals surface area (Å²) in [5, 5.41) is 5.76. The number of anilines is 1. The van der Waals surface area contributed by atoms with Gasteiger partial charge in [0.1, 0.15) is 0 Å². The van der Waals surface area contributed by atoms with Crippen LogP contribution in [-0.4, -0.2) is 11.6 Å². The fourth-order valence-corrected chi connectivity index (χ4v) is 4.15. The fraction of sp³-hybridized carbons (Fsp3) is 0.0370. The highest BCUT2D eigenvalue weighted by Gasteiger charge is 2.13. The molecule has 0 atom stereocenters. The van der Waals surface area contributed by atoms with Crippen molar-refractivity contribution in [1.82, 2.24) is 4.57 Å². The number of hydrogen-bond donors (Lipinski definition) is 1. The molecule has 2 nitrogen and oxygen atoms in total. The Morgan fingerprint density at radius 1 is 0.724 bits per heavy atom. The first-order valence-electron chi connectivity index (χ1n) is 9.83. The Kier molecular flexibility index (Phi) is 4.18. The monoisotopic (exact) mass is 374 g/mol. The predicted octanol–water partition coefficient (Wildman–Crippen LogP) is 7.14. The first-order valence-corrected chi connectivity index (χ1v) is 9.83. The second-order valence-electron chi connectivity index (χ2n) is 7.18. The highest BCUT2D eigenvalue weighted by molar-refractivity contribution is 6.10. The van der Waals surface area contributed by atoms with Gasteiger partial charge >= 0.3 is 0 Å². The maximum atomic E-state index is 3.96. The maximum Gasteiger partial charge on any atom is 0.0541 e. The van der Waals surface area contributed by atoms with Gasteiger partial charge in [0.15, 0.2) is 0 Å². The minimum absolute atomic E-state index is 1.09. The lowest BCUT2D eigenvalue weighted by molar-refractivity contribution is 1.18. The van der Waals surface area contributed by atoms with Crippen molar-refractivity contribution >= 4 is 33.6 Å². The summed E-state index contributed by atoms with van der Waals surface area (Å²) in [6.07, 6.45) is 1.90. The molecule has 5 rings (SSSR count). The van der Waals surface area contributed by atoms with E-state index in [1.54, 1.807) is 0 Å². The molecule has 0 amide bonds. The van der Waals surface area contributed by atoms with Crippen LogP contribution in [0.5, 0.6) is 0 Å². The lowest BCUT2D eigenvalue weighted by atomic mass is 10.00. The number of para-hydroxylation sites is 2. The molecule has 29 heavy (non-hydrogen) atoms. The number of fused-ring (bicyclic) bond motifs is 3. The standard InChI is InChI=1S/C27H22N2/c1-3-19-17-20(13-15-25(19)28-2)21-14-16-27-24(18-21)23-11-7-8-12-26(23)29(27)22-9-5-4-6-10-22/h3-18,28H,1H2,2H3. The summed E-state index contributed by atoms with van der Waals surface area (Å²) >= 11 is 0. The summed E-state index contributed by atoms with van der Waals surface area (Å²) in [6, 6.07) is 32.4. The fourth-order valence-electron chi connectivity index (χ4n) is 4.15. The Labute approximate surface area is 170 Å². The highest BCUT2D eigenvalue weighted by Crippen LogP contribution is 2.35. The van der Waals surface area contributed by atoms with Crippen molar-refractivity contribution < 1.29 is 0 Å². The quantitative estimate of drug-likeness (QED) is 0.354. The number of aromatic nitrogens is 1. The molecule has 0 radical (unpaired) electrons. The van der Waals surface area contributed by atoms with E-state index in [1.807, 2.05) is 13.1 Å². The van der Waals surface area contributed by atoms with Crippen LogP contribution < -0.4 is 5.32 Å². The van der Waals surface area contributed by atoms with Crippen molar-refractivity contribution in [3.05, 3.63) is 103 Å². The molecule has 0 saturated heterocycles. The third-order valence-corrected chi connectivity index (χ3v) is 5.56. The Hall–Kier alpha value is -3.78. The summed E-state index contributed by atoms with van der Waals surface area (Å²) in [4.78, 5) is 0. The van der Waals surface area contributed by atoms with Gasteiger partial charge in [-0.05, 0) is 59.2 Å². The van der Waals surface area contributed by atoms with Crippen LogP contribution in [0.2, 0.25) is 0 Å². The molecular formula is C27H22N2. The van der Waals surface area contributed by atoms with Crippen molar-refractivity contribution in [3.63, 3.8) is 0 Å². The van der Waals surface area contributed by atoms with Gasteiger partial charge in [-0.2, -0.15) is 0 Å². The predicted molar refractivity (Wildman–Crippen MR) is 126 cm³/mol. The summed E-state index contributed by atoms with van der Waals surface area (Å²) < 4.78 is 2.34. The zero-order chi connectivity index (χ0) is 19.8. The molecule has 2 heteroatoms. The highest BCUT2D eigenvalue weighted by atomic mass is 15.0. The van der Waals surface area contributed by atoms with Crippen molar-refractivity contribution in [1.29, 1.82) is 0 Å². The molecule has 5 aromatic rings. The van der Waals surface area contributed by atoms with Crippen LogP contribution in [0.15, 0.2) is 97.6 Å². The van der Waals surface area contributed by atoms with Gasteiger partial charge in [-0.3, -0.25) is 0 Å². The Bertz CT molecular complexity index is 1340. The van der Waals surface area contributed by atoms with E-state index in [0.29, 0.717) is 0 Å². The van der Waals surface area contributed by atoms with Crippen LogP contribution in [0, 0.1) is 0 Å². The number of nitrogens with zero attached hydrogens (tertiary/aromatic N) is 1. The molecule has 0 aliphatic rings. The number of hydrogen-bond acceptors (Lipinski definition) is 1. The Morgan fingerprint density at radius 3 is 2.21 bits per heavy atom. The minimum atomic E-state index is 1.09. The number of rotatable bonds is 4. The summed E-state index contributed by atoms with van der Waals surface area (Å²) in [6.45, 7) is 3.96. The van der Waals surface area contributed by atoms with Gasteiger partial charge in [0.05, 0.1) is 11.0 Å². The van der Waals surface area contributed by atoms with E-state index < -0.39 is 0 Å². The van der Waals surface area contributed by atoms with Crippen LogP contribution in [0.3, 0.4) is 0 Å². The molecule has 0 bridgehead atoms. The minimum Gasteiger partial charge on any atom is -0.388 e. The zero-order valence-corrected chi connectivity index (χ0v) is 16.4. The molecule has 1 aromatic heterocycles. The summed E-state index contributed by atoms with van der Waals surface area (Å²) in [5.41, 5.74) is 8.22. The smallest absolute Gasteiger partial charge is 0.0541 e. The van der Waals surface area contributed by atoms with Gasteiger partial charge in [0, 0.05) is 29.2 Å². The van der Waals surface area contributed by atoms with Crippen molar-refractivity contribution in [2.24, 2.45) is 0 Å². The molecule has 0 saturated carbocycles. The average Bonchev–Trinajstić information content (AvgIpc) is 3.13. The van der Waals surface area contributed by atoms with Crippen molar-refractivity contribution in [2.75, 3.05) is 12.4 Å². The largest absolute Gasteiger partial charge is 0.388 e. The van der Waals surface area contributed by atoms with Gasteiger partial charge in [-0.1, -0.05) is 61.2 Å². The number of benzene rings is 4. The Morgan fingerprint density at radius 2 is 1.41 bits per heavy atom. The van der Waals surface area contributed by atoms with Gasteiger partial charge in [-0.15, -0.1) is 0 Å². The SMILES string of the molecule is C=Cc1cc(-c2ccc3c(c2)c2ccccc2n3-c2ccccc2)ccc1NC. The van der Waals surface area contributed by atoms with Gasteiger partial charge in [0.2, 0.25) is 0 Å². The molecule has 0 unspecified atom stereocenters. The third kappa shape index (κ3) is 2.81. The van der Waals surface area contributed by atoms with Crippen LogP contribution in [-0.2, 0) is 0 Å². The second kappa shape index (κ2) is 6.99. The molecule has 140 valence electrons. The molecular weight excluding hydrogens is 352 g/mol. The third-order valence-electron chi connectivity index (χ3n) is 5.56. The normalized spacial score (nSPS) is 11.1. The second-order valence-corrected chi connectivity index (χ2v) is 7.18. The summed E-state index contributed by atoms with van der Waals surface area (Å²) in [7, 11) is 1.94.